The summed E-state index contributed by atoms with van der Waals surface area (Å²) in [4.78, 5) is 12.3. The Morgan fingerprint density at radius 2 is 1.85 bits per heavy atom. The number of hydrogen-bond acceptors (Lipinski definition) is 7. The van der Waals surface area contributed by atoms with Gasteiger partial charge >= 0.3 is 6.61 Å². The van der Waals surface area contributed by atoms with E-state index in [0.717, 1.165) is 30.6 Å². The molecule has 1 aliphatic rings. The number of nitrogens with zero attached hydrogens (tertiary/aromatic N) is 4. The van der Waals surface area contributed by atoms with Gasteiger partial charge in [-0.1, -0.05) is 6.07 Å². The highest BCUT2D eigenvalue weighted by Gasteiger charge is 2.25. The van der Waals surface area contributed by atoms with Crippen LogP contribution in [0.2, 0.25) is 0 Å². The van der Waals surface area contributed by atoms with Crippen molar-refractivity contribution in [2.45, 2.75) is 44.4 Å². The van der Waals surface area contributed by atoms with E-state index in [-0.39, 0.29) is 17.8 Å². The van der Waals surface area contributed by atoms with Crippen molar-refractivity contribution in [3.05, 3.63) is 36.3 Å². The van der Waals surface area contributed by atoms with Gasteiger partial charge in [-0.05, 0) is 30.9 Å². The van der Waals surface area contributed by atoms with Crippen molar-refractivity contribution >= 4 is 11.8 Å². The molecule has 0 bridgehead atoms. The molecule has 2 atom stereocenters. The van der Waals surface area contributed by atoms with Crippen LogP contribution in [0, 0.1) is 11.3 Å². The molecule has 0 radical (unpaired) electrons. The zero-order chi connectivity index (χ0) is 18.4. The van der Waals surface area contributed by atoms with Crippen LogP contribution >= 0.6 is 0 Å². The molecule has 0 aromatic carbocycles. The molecule has 0 spiro atoms. The van der Waals surface area contributed by atoms with E-state index in [1.54, 1.807) is 6.20 Å². The first-order valence-electron chi connectivity index (χ1n) is 8.24. The number of nitrogens with one attached hydrogen (secondary N) is 2. The predicted octanol–water partition coefficient (Wildman–Crippen LogP) is 2.98. The standard InChI is InChI=1S/C17H18F2N6O/c18-16(19)26-14-9-22-17(23-10-14)25-13-3-2-12(7-13)24-15-4-1-11(5-6-20)8-21-15/h1,4,8-10,12-13,16H,2-3,5,7H2,(H,21,24)(H,22,23,25)/t12-,13-/m0/s1. The number of aromatic nitrogens is 3. The summed E-state index contributed by atoms with van der Waals surface area (Å²) in [6.45, 7) is -2.89. The van der Waals surface area contributed by atoms with E-state index in [2.05, 4.69) is 36.4 Å². The van der Waals surface area contributed by atoms with Crippen molar-refractivity contribution in [3.63, 3.8) is 0 Å². The Bertz CT molecular complexity index is 747. The summed E-state index contributed by atoms with van der Waals surface area (Å²) in [7, 11) is 0. The fourth-order valence-electron chi connectivity index (χ4n) is 2.90. The first-order chi connectivity index (χ1) is 12.6. The topological polar surface area (TPSA) is 95.8 Å². The summed E-state index contributed by atoms with van der Waals surface area (Å²) in [5.74, 6) is 1.10. The number of anilines is 2. The first kappa shape index (κ1) is 17.8. The van der Waals surface area contributed by atoms with Gasteiger partial charge in [0.15, 0.2) is 5.75 Å². The van der Waals surface area contributed by atoms with Crippen LogP contribution in [0.3, 0.4) is 0 Å². The van der Waals surface area contributed by atoms with Crippen molar-refractivity contribution in [1.29, 1.82) is 5.26 Å². The maximum absolute atomic E-state index is 12.1. The first-order valence-corrected chi connectivity index (χ1v) is 8.24. The lowest BCUT2D eigenvalue weighted by atomic mass is 10.2. The molecule has 9 heteroatoms. The number of alkyl halides is 2. The molecule has 2 aromatic rings. The predicted molar refractivity (Wildman–Crippen MR) is 90.9 cm³/mol. The van der Waals surface area contributed by atoms with Crippen LogP contribution in [-0.2, 0) is 6.42 Å². The maximum atomic E-state index is 12.1. The molecular formula is C17H18F2N6O. The van der Waals surface area contributed by atoms with Crippen LogP contribution in [0.4, 0.5) is 20.5 Å². The third-order valence-corrected chi connectivity index (χ3v) is 4.08. The lowest BCUT2D eigenvalue weighted by Crippen LogP contribution is -2.22. The lowest BCUT2D eigenvalue weighted by Gasteiger charge is -2.15. The highest BCUT2D eigenvalue weighted by molar-refractivity contribution is 5.38. The Balaban J connectivity index is 1.48. The van der Waals surface area contributed by atoms with Crippen LogP contribution in [-0.4, -0.2) is 33.6 Å². The Hall–Kier alpha value is -3.02. The molecule has 2 N–H and O–H groups in total. The molecule has 0 aliphatic heterocycles. The molecule has 136 valence electrons. The molecule has 2 aromatic heterocycles. The van der Waals surface area contributed by atoms with Crippen LogP contribution in [0.5, 0.6) is 5.75 Å². The highest BCUT2D eigenvalue weighted by Crippen LogP contribution is 2.25. The van der Waals surface area contributed by atoms with Crippen LogP contribution in [0.1, 0.15) is 24.8 Å². The quantitative estimate of drug-likeness (QED) is 0.783. The number of ether oxygens (including phenoxy) is 1. The van der Waals surface area contributed by atoms with Gasteiger partial charge in [0.25, 0.3) is 0 Å². The molecule has 0 amide bonds. The average molecular weight is 360 g/mol. The van der Waals surface area contributed by atoms with E-state index in [1.165, 1.54) is 12.4 Å². The lowest BCUT2D eigenvalue weighted by molar-refractivity contribution is -0.0503. The number of nitriles is 1. The van der Waals surface area contributed by atoms with E-state index in [4.69, 9.17) is 5.26 Å². The van der Waals surface area contributed by atoms with Crippen molar-refractivity contribution in [2.24, 2.45) is 0 Å². The third-order valence-electron chi connectivity index (χ3n) is 4.08. The van der Waals surface area contributed by atoms with Crippen LogP contribution in [0.25, 0.3) is 0 Å². The van der Waals surface area contributed by atoms with E-state index in [0.29, 0.717) is 12.4 Å². The SMILES string of the molecule is N#CCc1ccc(N[C@H]2CC[C@H](Nc3ncc(OC(F)F)cn3)C2)nc1. The van der Waals surface area contributed by atoms with Crippen molar-refractivity contribution in [2.75, 3.05) is 10.6 Å². The van der Waals surface area contributed by atoms with Gasteiger partial charge in [0.1, 0.15) is 5.82 Å². The molecule has 7 nitrogen and oxygen atoms in total. The van der Waals surface area contributed by atoms with Crippen LogP contribution < -0.4 is 15.4 Å². The Kier molecular flexibility index (Phi) is 5.73. The van der Waals surface area contributed by atoms with E-state index in [9.17, 15) is 8.78 Å². The van der Waals surface area contributed by atoms with E-state index >= 15 is 0 Å². The minimum absolute atomic E-state index is 0.0672. The molecule has 0 saturated heterocycles. The molecule has 0 unspecified atom stereocenters. The number of pyridine rings is 1. The zero-order valence-corrected chi connectivity index (χ0v) is 13.9. The minimum Gasteiger partial charge on any atom is -0.432 e. The van der Waals surface area contributed by atoms with Gasteiger partial charge < -0.3 is 15.4 Å². The van der Waals surface area contributed by atoms with E-state index < -0.39 is 6.61 Å². The Morgan fingerprint density at radius 3 is 2.46 bits per heavy atom. The van der Waals surface area contributed by atoms with Gasteiger partial charge in [-0.25, -0.2) is 15.0 Å². The molecule has 1 fully saturated rings. The minimum atomic E-state index is -2.89. The number of halogens is 2. The normalized spacial score (nSPS) is 19.2. The van der Waals surface area contributed by atoms with Gasteiger partial charge in [-0.3, -0.25) is 0 Å². The molecule has 3 rings (SSSR count). The maximum Gasteiger partial charge on any atom is 0.387 e. The zero-order valence-electron chi connectivity index (χ0n) is 13.9. The summed E-state index contributed by atoms with van der Waals surface area (Å²) in [5, 5.41) is 15.3. The smallest absolute Gasteiger partial charge is 0.387 e. The van der Waals surface area contributed by atoms with E-state index in [1.807, 2.05) is 12.1 Å². The van der Waals surface area contributed by atoms with Crippen LogP contribution in [0.15, 0.2) is 30.7 Å². The van der Waals surface area contributed by atoms with Gasteiger partial charge in [-0.2, -0.15) is 14.0 Å². The average Bonchev–Trinajstić information content (AvgIpc) is 3.05. The second-order valence-electron chi connectivity index (χ2n) is 6.00. The highest BCUT2D eigenvalue weighted by atomic mass is 19.3. The molecule has 1 aliphatic carbocycles. The fraction of sp³-hybridized carbons (Fsp3) is 0.412. The van der Waals surface area contributed by atoms with Crippen molar-refractivity contribution in [1.82, 2.24) is 15.0 Å². The summed E-state index contributed by atoms with van der Waals surface area (Å²) < 4.78 is 28.4. The second-order valence-corrected chi connectivity index (χ2v) is 6.00. The Labute approximate surface area is 149 Å². The second kappa shape index (κ2) is 8.38. The fourth-order valence-corrected chi connectivity index (χ4v) is 2.90. The van der Waals surface area contributed by atoms with Crippen molar-refractivity contribution in [3.8, 4) is 11.8 Å². The summed E-state index contributed by atoms with van der Waals surface area (Å²) in [6.07, 6.45) is 7.25. The largest absolute Gasteiger partial charge is 0.432 e. The number of hydrogen-bond donors (Lipinski definition) is 2. The number of rotatable bonds is 7. The van der Waals surface area contributed by atoms with Gasteiger partial charge in [0.2, 0.25) is 5.95 Å². The summed E-state index contributed by atoms with van der Waals surface area (Å²) in [6, 6.07) is 6.31. The molecule has 2 heterocycles. The molecule has 1 saturated carbocycles. The van der Waals surface area contributed by atoms with Crippen molar-refractivity contribution < 1.29 is 13.5 Å². The van der Waals surface area contributed by atoms with Gasteiger partial charge in [0.05, 0.1) is 24.9 Å². The summed E-state index contributed by atoms with van der Waals surface area (Å²) in [5.41, 5.74) is 0.889. The van der Waals surface area contributed by atoms with Gasteiger partial charge in [-0.15, -0.1) is 0 Å². The monoisotopic (exact) mass is 360 g/mol. The third kappa shape index (κ3) is 4.99. The van der Waals surface area contributed by atoms with Gasteiger partial charge in [0, 0.05) is 18.3 Å². The molecular weight excluding hydrogens is 342 g/mol. The Morgan fingerprint density at radius 1 is 1.12 bits per heavy atom. The summed E-state index contributed by atoms with van der Waals surface area (Å²) >= 11 is 0. The molecule has 26 heavy (non-hydrogen) atoms.